The molecule has 1 aliphatic heterocycles. The zero-order valence-corrected chi connectivity index (χ0v) is 28.1. The van der Waals surface area contributed by atoms with E-state index in [1.54, 1.807) is 0 Å². The van der Waals surface area contributed by atoms with Crippen LogP contribution < -0.4 is 0 Å². The predicted octanol–water partition coefficient (Wildman–Crippen LogP) is 10.8. The van der Waals surface area contributed by atoms with Gasteiger partial charge in [-0.3, -0.25) is 0 Å². The van der Waals surface area contributed by atoms with Crippen molar-refractivity contribution in [3.8, 4) is 0 Å². The van der Waals surface area contributed by atoms with Gasteiger partial charge in [-0.2, -0.15) is 0 Å². The minimum Gasteiger partial charge on any atom is -0.393 e. The Kier molecular flexibility index (Phi) is 11.1. The molecule has 3 aliphatic rings. The summed E-state index contributed by atoms with van der Waals surface area (Å²) in [6.45, 7) is 22.1. The highest BCUT2D eigenvalue weighted by molar-refractivity contribution is 5.38. The van der Waals surface area contributed by atoms with Crippen molar-refractivity contribution in [1.29, 1.82) is 0 Å². The van der Waals surface area contributed by atoms with Gasteiger partial charge in [0.1, 0.15) is 11.2 Å². The van der Waals surface area contributed by atoms with Gasteiger partial charge in [0, 0.05) is 11.8 Å². The number of fused-ring (bicyclic) bond motifs is 1. The molecule has 1 N–H and O–H groups in total. The van der Waals surface area contributed by atoms with Gasteiger partial charge in [-0.15, -0.1) is 0 Å². The summed E-state index contributed by atoms with van der Waals surface area (Å²) in [6.07, 6.45) is 35.2. The smallest absolute Gasteiger partial charge is 0.121 e. The number of aliphatic hydroxyl groups is 1. The lowest BCUT2D eigenvalue weighted by molar-refractivity contribution is 0.0515. The Morgan fingerprint density at radius 1 is 0.738 bits per heavy atom. The molecule has 1 heterocycles. The van der Waals surface area contributed by atoms with Crippen LogP contribution in [0.2, 0.25) is 0 Å². The lowest BCUT2D eigenvalue weighted by Gasteiger charge is -2.39. The summed E-state index contributed by atoms with van der Waals surface area (Å²) in [4.78, 5) is 0. The van der Waals surface area contributed by atoms with Crippen LogP contribution in [0, 0.1) is 10.8 Å². The second-order valence-electron chi connectivity index (χ2n) is 14.4. The Morgan fingerprint density at radius 3 is 1.81 bits per heavy atom. The fourth-order valence-electron chi connectivity index (χ4n) is 6.89. The Bertz CT molecular complexity index is 1300. The SMILES string of the molecule is CC1=C(/C=C/C(C)=C/C=C/C(C)=C/C=C/C=C(C)/C=C/C=C(C)/C=C/C23OC2(C)C[C@H](O)CC3(C)C)C(C)(C)CCC1. The van der Waals surface area contributed by atoms with E-state index >= 15 is 0 Å². The van der Waals surface area contributed by atoms with Gasteiger partial charge in [0.05, 0.1) is 6.10 Å². The molecule has 3 rings (SSSR count). The van der Waals surface area contributed by atoms with Crippen LogP contribution in [-0.2, 0) is 4.74 Å². The second-order valence-corrected chi connectivity index (χ2v) is 14.4. The van der Waals surface area contributed by atoms with Gasteiger partial charge in [-0.05, 0) is 84.3 Å². The normalized spacial score (nSPS) is 31.0. The number of allylic oxidation sites excluding steroid dienone is 19. The van der Waals surface area contributed by atoms with Crippen LogP contribution in [0.5, 0.6) is 0 Å². The van der Waals surface area contributed by atoms with E-state index in [4.69, 9.17) is 4.74 Å². The van der Waals surface area contributed by atoms with Crippen molar-refractivity contribution in [2.24, 2.45) is 10.8 Å². The molecule has 1 saturated carbocycles. The molecule has 1 saturated heterocycles. The summed E-state index contributed by atoms with van der Waals surface area (Å²) in [6, 6.07) is 0. The molecule has 0 amide bonds. The molecule has 0 radical (unpaired) electrons. The van der Waals surface area contributed by atoms with E-state index in [9.17, 15) is 5.11 Å². The Morgan fingerprint density at radius 2 is 1.26 bits per heavy atom. The van der Waals surface area contributed by atoms with E-state index in [1.165, 1.54) is 52.7 Å². The van der Waals surface area contributed by atoms with Crippen molar-refractivity contribution in [2.45, 2.75) is 119 Å². The third-order valence-electron chi connectivity index (χ3n) is 9.41. The molecule has 228 valence electrons. The quantitative estimate of drug-likeness (QED) is 0.210. The van der Waals surface area contributed by atoms with Gasteiger partial charge in [-0.1, -0.05) is 135 Å². The number of ether oxygens (including phenoxy) is 1. The molecule has 2 heteroatoms. The lowest BCUT2D eigenvalue weighted by atomic mass is 9.63. The average Bonchev–Trinajstić information content (AvgIpc) is 3.50. The molecule has 0 spiro atoms. The molecular formula is C40H56O2. The number of hydrogen-bond acceptors (Lipinski definition) is 2. The largest absolute Gasteiger partial charge is 0.393 e. The summed E-state index contributed by atoms with van der Waals surface area (Å²) in [5.41, 5.74) is 7.55. The van der Waals surface area contributed by atoms with E-state index in [0.29, 0.717) is 6.42 Å². The van der Waals surface area contributed by atoms with E-state index in [1.807, 2.05) is 0 Å². The summed E-state index contributed by atoms with van der Waals surface area (Å²) >= 11 is 0. The van der Waals surface area contributed by atoms with Crippen molar-refractivity contribution in [3.63, 3.8) is 0 Å². The number of rotatable bonds is 10. The van der Waals surface area contributed by atoms with E-state index in [-0.39, 0.29) is 28.1 Å². The van der Waals surface area contributed by atoms with E-state index in [0.717, 1.165) is 6.42 Å². The highest BCUT2D eigenvalue weighted by atomic mass is 16.6. The topological polar surface area (TPSA) is 32.8 Å². The predicted molar refractivity (Wildman–Crippen MR) is 182 cm³/mol. The zero-order valence-electron chi connectivity index (χ0n) is 28.1. The van der Waals surface area contributed by atoms with Gasteiger partial charge < -0.3 is 9.84 Å². The van der Waals surface area contributed by atoms with Gasteiger partial charge in [0.2, 0.25) is 0 Å². The fraction of sp³-hybridized carbons (Fsp3) is 0.500. The summed E-state index contributed by atoms with van der Waals surface area (Å²) in [5.74, 6) is 0. The van der Waals surface area contributed by atoms with Crippen molar-refractivity contribution in [1.82, 2.24) is 0 Å². The maximum atomic E-state index is 10.2. The molecule has 0 aromatic heterocycles. The molecule has 2 aliphatic carbocycles. The average molecular weight is 569 g/mol. The van der Waals surface area contributed by atoms with Crippen LogP contribution in [0.25, 0.3) is 0 Å². The van der Waals surface area contributed by atoms with Crippen LogP contribution in [0.15, 0.2) is 119 Å². The molecule has 42 heavy (non-hydrogen) atoms. The molecule has 0 aromatic rings. The van der Waals surface area contributed by atoms with Crippen LogP contribution in [0.3, 0.4) is 0 Å². The number of epoxide rings is 1. The number of aliphatic hydroxyl groups excluding tert-OH is 1. The second kappa shape index (κ2) is 13.7. The van der Waals surface area contributed by atoms with Crippen molar-refractivity contribution >= 4 is 0 Å². The molecule has 2 fully saturated rings. The molecule has 2 nitrogen and oxygen atoms in total. The van der Waals surface area contributed by atoms with Gasteiger partial charge in [-0.25, -0.2) is 0 Å². The lowest BCUT2D eigenvalue weighted by Crippen LogP contribution is -2.46. The molecule has 3 atom stereocenters. The molecule has 0 aromatic carbocycles. The van der Waals surface area contributed by atoms with Crippen molar-refractivity contribution in [3.05, 3.63) is 119 Å². The third-order valence-corrected chi connectivity index (χ3v) is 9.41. The highest BCUT2D eigenvalue weighted by Crippen LogP contribution is 2.66. The van der Waals surface area contributed by atoms with Crippen LogP contribution in [0.1, 0.15) is 101 Å². The molecule has 2 unspecified atom stereocenters. The zero-order chi connectivity index (χ0) is 31.2. The first-order valence-electron chi connectivity index (χ1n) is 15.8. The van der Waals surface area contributed by atoms with Crippen LogP contribution in [0.4, 0.5) is 0 Å². The Balaban J connectivity index is 1.49. The van der Waals surface area contributed by atoms with Gasteiger partial charge in [0.25, 0.3) is 0 Å². The molecule has 0 bridgehead atoms. The van der Waals surface area contributed by atoms with E-state index < -0.39 is 0 Å². The monoisotopic (exact) mass is 568 g/mol. The first-order valence-corrected chi connectivity index (χ1v) is 15.8. The Hall–Kier alpha value is -2.68. The molecular weight excluding hydrogens is 512 g/mol. The minimum absolute atomic E-state index is 0.0868. The first-order chi connectivity index (χ1) is 19.6. The summed E-state index contributed by atoms with van der Waals surface area (Å²) in [5, 5.41) is 10.2. The van der Waals surface area contributed by atoms with Gasteiger partial charge in [0.15, 0.2) is 0 Å². The number of hydrogen-bond donors (Lipinski definition) is 1. The summed E-state index contributed by atoms with van der Waals surface area (Å²) < 4.78 is 6.25. The standard InChI is InChI=1S/C40H56O2/c1-30(18-13-20-32(3)23-24-36-34(5)22-15-26-37(36,6)7)16-11-12-17-31(2)19-14-21-33(4)25-27-40-38(8,9)28-35(41)29-39(40,10)42-40/h11-14,16-21,23-25,27,35,41H,15,22,26,28-29H2,1-10H3/b12-11+,18-13+,19-14+,24-23+,27-25+,30-16+,31-17+,32-20+,33-21+/t35-,39?,40?/m1/s1. The van der Waals surface area contributed by atoms with Crippen LogP contribution >= 0.6 is 0 Å². The van der Waals surface area contributed by atoms with E-state index in [2.05, 4.69) is 154 Å². The van der Waals surface area contributed by atoms with Crippen molar-refractivity contribution in [2.75, 3.05) is 0 Å². The third kappa shape index (κ3) is 8.45. The van der Waals surface area contributed by atoms with Crippen molar-refractivity contribution < 1.29 is 9.84 Å². The Labute approximate surface area is 257 Å². The minimum atomic E-state index is -0.283. The maximum Gasteiger partial charge on any atom is 0.121 e. The maximum absolute atomic E-state index is 10.2. The highest BCUT2D eigenvalue weighted by Gasteiger charge is 2.74. The van der Waals surface area contributed by atoms with Crippen LogP contribution in [-0.4, -0.2) is 22.4 Å². The summed E-state index contributed by atoms with van der Waals surface area (Å²) in [7, 11) is 0. The van der Waals surface area contributed by atoms with Gasteiger partial charge >= 0.3 is 0 Å². The first kappa shape index (κ1) is 33.8. The fourth-order valence-corrected chi connectivity index (χ4v) is 6.89.